The van der Waals surface area contributed by atoms with E-state index in [9.17, 15) is 13.6 Å². The highest BCUT2D eigenvalue weighted by atomic mass is 19.2. The summed E-state index contributed by atoms with van der Waals surface area (Å²) in [7, 11) is 3.18. The molecule has 2 amide bonds. The lowest BCUT2D eigenvalue weighted by molar-refractivity contribution is 0.183. The van der Waals surface area contributed by atoms with Gasteiger partial charge in [0.05, 0.1) is 14.2 Å². The standard InChI is InChI=1S/C26H28F2N4O3/c1-34-24-15-18-7-11-32(12-10-30-26(33)31-19-5-8-29-9-6-19)23(20(18)16-25(24)35-2)14-17-3-4-21(27)22(28)13-17/h3-6,8-9,13,15-16,23H,7,10-12,14H2,1-2H3,(H2,29,30,31,33). The maximum Gasteiger partial charge on any atom is 0.319 e. The molecule has 2 aromatic carbocycles. The lowest BCUT2D eigenvalue weighted by Crippen LogP contribution is -2.42. The van der Waals surface area contributed by atoms with Crippen molar-refractivity contribution >= 4 is 11.7 Å². The molecule has 0 fully saturated rings. The number of amides is 2. The molecule has 35 heavy (non-hydrogen) atoms. The fourth-order valence-electron chi connectivity index (χ4n) is 4.40. The van der Waals surface area contributed by atoms with Gasteiger partial charge in [-0.2, -0.15) is 0 Å². The maximum atomic E-state index is 13.9. The van der Waals surface area contributed by atoms with Gasteiger partial charge >= 0.3 is 6.03 Å². The number of benzene rings is 2. The van der Waals surface area contributed by atoms with Crippen LogP contribution in [-0.4, -0.2) is 49.8 Å². The number of rotatable bonds is 8. The fourth-order valence-corrected chi connectivity index (χ4v) is 4.40. The predicted octanol–water partition coefficient (Wildman–Crippen LogP) is 4.34. The molecule has 1 unspecified atom stereocenters. The zero-order valence-corrected chi connectivity index (χ0v) is 19.7. The molecule has 0 bridgehead atoms. The zero-order valence-electron chi connectivity index (χ0n) is 19.7. The summed E-state index contributed by atoms with van der Waals surface area (Å²) >= 11 is 0. The van der Waals surface area contributed by atoms with Crippen LogP contribution in [0, 0.1) is 11.6 Å². The Morgan fingerprint density at radius 3 is 2.51 bits per heavy atom. The Morgan fingerprint density at radius 1 is 1.06 bits per heavy atom. The Labute approximate surface area is 203 Å². The molecule has 0 saturated carbocycles. The lowest BCUT2D eigenvalue weighted by Gasteiger charge is -2.38. The number of pyridine rings is 1. The summed E-state index contributed by atoms with van der Waals surface area (Å²) < 4.78 is 38.4. The van der Waals surface area contributed by atoms with E-state index in [1.54, 1.807) is 44.8 Å². The Balaban J connectivity index is 1.52. The molecule has 2 N–H and O–H groups in total. The van der Waals surface area contributed by atoms with Crippen LogP contribution in [0.5, 0.6) is 11.5 Å². The van der Waals surface area contributed by atoms with Gasteiger partial charge in [-0.25, -0.2) is 13.6 Å². The quantitative estimate of drug-likeness (QED) is 0.500. The van der Waals surface area contributed by atoms with Crippen LogP contribution in [0.25, 0.3) is 0 Å². The van der Waals surface area contributed by atoms with Crippen molar-refractivity contribution in [2.24, 2.45) is 0 Å². The van der Waals surface area contributed by atoms with Crippen molar-refractivity contribution in [3.8, 4) is 11.5 Å². The normalized spacial score (nSPS) is 15.3. The first-order valence-electron chi connectivity index (χ1n) is 11.4. The number of methoxy groups -OCH3 is 2. The van der Waals surface area contributed by atoms with Gasteiger partial charge in [0.1, 0.15) is 0 Å². The molecule has 7 nitrogen and oxygen atoms in total. The number of ether oxygens (including phenoxy) is 2. The van der Waals surface area contributed by atoms with Crippen LogP contribution >= 0.6 is 0 Å². The Kier molecular flexibility index (Phi) is 7.77. The lowest BCUT2D eigenvalue weighted by atomic mass is 9.88. The van der Waals surface area contributed by atoms with Crippen molar-refractivity contribution in [3.63, 3.8) is 0 Å². The average molecular weight is 483 g/mol. The number of carbonyl (C=O) groups is 1. The van der Waals surface area contributed by atoms with Gasteiger partial charge in [0, 0.05) is 43.8 Å². The molecular weight excluding hydrogens is 454 g/mol. The second kappa shape index (κ2) is 11.1. The molecule has 3 aromatic rings. The van der Waals surface area contributed by atoms with Crippen molar-refractivity contribution in [3.05, 3.63) is 83.2 Å². The molecule has 1 aromatic heterocycles. The molecule has 0 radical (unpaired) electrons. The number of hydrogen-bond donors (Lipinski definition) is 2. The molecule has 0 spiro atoms. The third-order valence-electron chi connectivity index (χ3n) is 6.15. The van der Waals surface area contributed by atoms with E-state index in [1.165, 1.54) is 6.07 Å². The first-order valence-corrected chi connectivity index (χ1v) is 11.4. The zero-order chi connectivity index (χ0) is 24.8. The number of carbonyl (C=O) groups excluding carboxylic acids is 1. The van der Waals surface area contributed by atoms with Gasteiger partial charge in [-0.1, -0.05) is 6.07 Å². The largest absolute Gasteiger partial charge is 0.493 e. The molecule has 0 saturated heterocycles. The van der Waals surface area contributed by atoms with E-state index in [-0.39, 0.29) is 12.1 Å². The van der Waals surface area contributed by atoms with E-state index >= 15 is 0 Å². The average Bonchev–Trinajstić information content (AvgIpc) is 2.87. The first-order chi connectivity index (χ1) is 17.0. The molecule has 9 heteroatoms. The summed E-state index contributed by atoms with van der Waals surface area (Å²) in [5, 5.41) is 5.65. The molecule has 1 aliphatic heterocycles. The molecule has 1 aliphatic rings. The number of fused-ring (bicyclic) bond motifs is 1. The second-order valence-corrected chi connectivity index (χ2v) is 8.28. The van der Waals surface area contributed by atoms with Gasteiger partial charge < -0.3 is 20.1 Å². The first kappa shape index (κ1) is 24.4. The van der Waals surface area contributed by atoms with Gasteiger partial charge in [-0.15, -0.1) is 0 Å². The summed E-state index contributed by atoms with van der Waals surface area (Å²) in [6.45, 7) is 1.73. The monoisotopic (exact) mass is 482 g/mol. The SMILES string of the molecule is COc1cc2c(cc1OC)C(Cc1ccc(F)c(F)c1)N(CCNC(=O)Nc1ccncc1)CC2. The summed E-state index contributed by atoms with van der Waals surface area (Å²) in [5.74, 6) is -0.476. The molecule has 2 heterocycles. The van der Waals surface area contributed by atoms with E-state index in [0.717, 1.165) is 30.2 Å². The number of hydrogen-bond acceptors (Lipinski definition) is 5. The minimum absolute atomic E-state index is 0.117. The maximum absolute atomic E-state index is 13.9. The molecule has 1 atom stereocenters. The van der Waals surface area contributed by atoms with Crippen LogP contribution in [0.2, 0.25) is 0 Å². The molecule has 0 aliphatic carbocycles. The number of urea groups is 1. The van der Waals surface area contributed by atoms with Crippen LogP contribution in [-0.2, 0) is 12.8 Å². The summed E-state index contributed by atoms with van der Waals surface area (Å²) in [5.41, 5.74) is 3.50. The van der Waals surface area contributed by atoms with Crippen molar-refractivity contribution in [2.45, 2.75) is 18.9 Å². The summed E-state index contributed by atoms with van der Waals surface area (Å²) in [6, 6.07) is 10.9. The van der Waals surface area contributed by atoms with Gasteiger partial charge in [-0.3, -0.25) is 9.88 Å². The number of nitrogens with one attached hydrogen (secondary N) is 2. The smallest absolute Gasteiger partial charge is 0.319 e. The second-order valence-electron chi connectivity index (χ2n) is 8.28. The highest BCUT2D eigenvalue weighted by molar-refractivity contribution is 5.89. The van der Waals surface area contributed by atoms with Crippen molar-refractivity contribution in [2.75, 3.05) is 39.2 Å². The Bertz CT molecular complexity index is 1180. The van der Waals surface area contributed by atoms with Gasteiger partial charge in [0.15, 0.2) is 23.1 Å². The highest BCUT2D eigenvalue weighted by Crippen LogP contribution is 2.39. The van der Waals surface area contributed by atoms with Gasteiger partial charge in [0.25, 0.3) is 0 Å². The van der Waals surface area contributed by atoms with Crippen LogP contribution in [0.4, 0.5) is 19.3 Å². The number of aromatic nitrogens is 1. The fraction of sp³-hybridized carbons (Fsp3) is 0.308. The van der Waals surface area contributed by atoms with Crippen LogP contribution < -0.4 is 20.1 Å². The summed E-state index contributed by atoms with van der Waals surface area (Å²) in [6.07, 6.45) is 4.47. The Hall–Kier alpha value is -3.72. The molecular formula is C26H28F2N4O3. The van der Waals surface area contributed by atoms with Crippen molar-refractivity contribution < 1.29 is 23.0 Å². The van der Waals surface area contributed by atoms with E-state index in [1.807, 2.05) is 12.1 Å². The van der Waals surface area contributed by atoms with E-state index < -0.39 is 11.6 Å². The van der Waals surface area contributed by atoms with Gasteiger partial charge in [0.2, 0.25) is 0 Å². The molecule has 184 valence electrons. The van der Waals surface area contributed by atoms with Crippen LogP contribution in [0.15, 0.2) is 54.9 Å². The van der Waals surface area contributed by atoms with Gasteiger partial charge in [-0.05, 0) is 65.9 Å². The van der Waals surface area contributed by atoms with E-state index in [2.05, 4.69) is 20.5 Å². The van der Waals surface area contributed by atoms with Crippen molar-refractivity contribution in [1.29, 1.82) is 0 Å². The minimum atomic E-state index is -0.870. The van der Waals surface area contributed by atoms with E-state index in [0.29, 0.717) is 42.3 Å². The third kappa shape index (κ3) is 5.86. The highest BCUT2D eigenvalue weighted by Gasteiger charge is 2.29. The van der Waals surface area contributed by atoms with Crippen LogP contribution in [0.1, 0.15) is 22.7 Å². The molecule has 4 rings (SSSR count). The number of anilines is 1. The number of halogens is 2. The topological polar surface area (TPSA) is 75.7 Å². The number of nitrogens with zero attached hydrogens (tertiary/aromatic N) is 2. The predicted molar refractivity (Wildman–Crippen MR) is 129 cm³/mol. The van der Waals surface area contributed by atoms with Crippen molar-refractivity contribution in [1.82, 2.24) is 15.2 Å². The van der Waals surface area contributed by atoms with Crippen LogP contribution in [0.3, 0.4) is 0 Å². The minimum Gasteiger partial charge on any atom is -0.493 e. The summed E-state index contributed by atoms with van der Waals surface area (Å²) in [4.78, 5) is 18.4. The Morgan fingerprint density at radius 2 is 1.80 bits per heavy atom. The van der Waals surface area contributed by atoms with E-state index in [4.69, 9.17) is 9.47 Å². The third-order valence-corrected chi connectivity index (χ3v) is 6.15.